The van der Waals surface area contributed by atoms with Gasteiger partial charge in [0.15, 0.2) is 46.0 Å². The van der Waals surface area contributed by atoms with E-state index in [2.05, 4.69) is 0 Å². The average Bonchev–Trinajstić information content (AvgIpc) is 3.50. The lowest BCUT2D eigenvalue weighted by Gasteiger charge is -2.22. The van der Waals surface area contributed by atoms with Gasteiger partial charge in [-0.05, 0) is 70.8 Å². The van der Waals surface area contributed by atoms with Crippen molar-refractivity contribution in [2.75, 3.05) is 0 Å². The number of fused-ring (bicyclic) bond motifs is 1. The fourth-order valence-electron chi connectivity index (χ4n) is 5.49. The van der Waals surface area contributed by atoms with Crippen LogP contribution in [-0.2, 0) is 41.5 Å². The van der Waals surface area contributed by atoms with Gasteiger partial charge >= 0.3 is 23.9 Å². The Morgan fingerprint density at radius 2 is 1.13 bits per heavy atom. The number of carbonyl (C=O) groups is 4. The summed E-state index contributed by atoms with van der Waals surface area (Å²) in [5, 5.41) is 89.1. The Labute approximate surface area is 292 Å². The van der Waals surface area contributed by atoms with Crippen LogP contribution < -0.4 is 4.74 Å². The van der Waals surface area contributed by atoms with Crippen molar-refractivity contribution in [3.05, 3.63) is 101 Å². The van der Waals surface area contributed by atoms with Gasteiger partial charge in [-0.15, -0.1) is 0 Å². The highest BCUT2D eigenvalue weighted by Crippen LogP contribution is 2.53. The van der Waals surface area contributed by atoms with Crippen LogP contribution in [0, 0.1) is 0 Å². The van der Waals surface area contributed by atoms with Crippen LogP contribution >= 0.6 is 0 Å². The third-order valence-electron chi connectivity index (χ3n) is 8.04. The van der Waals surface area contributed by atoms with Crippen molar-refractivity contribution in [3.63, 3.8) is 0 Å². The fraction of sp³-hybridized carbons (Fsp3) is 0.167. The monoisotopic (exact) mass is 718 g/mol. The van der Waals surface area contributed by atoms with Crippen LogP contribution in [0.5, 0.6) is 46.0 Å². The number of carboxylic acids is 2. The van der Waals surface area contributed by atoms with Crippen molar-refractivity contribution in [2.45, 2.75) is 37.1 Å². The zero-order valence-electron chi connectivity index (χ0n) is 26.6. The summed E-state index contributed by atoms with van der Waals surface area (Å²) in [6, 6.07) is 13.0. The molecule has 1 aliphatic rings. The molecule has 4 atom stereocenters. The topological polar surface area (TPSA) is 278 Å². The van der Waals surface area contributed by atoms with E-state index in [0.29, 0.717) is 0 Å². The smallest absolute Gasteiger partial charge is 0.345 e. The van der Waals surface area contributed by atoms with Gasteiger partial charge in [-0.3, -0.25) is 4.79 Å². The predicted octanol–water partition coefficient (Wildman–Crippen LogP) is 3.33. The molecule has 0 saturated heterocycles. The Kier molecular flexibility index (Phi) is 10.3. The molecule has 0 fully saturated rings. The van der Waals surface area contributed by atoms with E-state index in [1.165, 1.54) is 24.3 Å². The van der Waals surface area contributed by atoms with Crippen molar-refractivity contribution < 1.29 is 79.3 Å². The van der Waals surface area contributed by atoms with Crippen molar-refractivity contribution in [1.29, 1.82) is 0 Å². The molecule has 16 heteroatoms. The third kappa shape index (κ3) is 7.86. The third-order valence-corrected chi connectivity index (χ3v) is 8.04. The molecular weight excluding hydrogens is 688 g/mol. The number of carbonyl (C=O) groups excluding carboxylic acids is 2. The van der Waals surface area contributed by atoms with Crippen LogP contribution in [-0.4, -0.2) is 82.0 Å². The first-order valence-corrected chi connectivity index (χ1v) is 15.2. The van der Waals surface area contributed by atoms with Gasteiger partial charge in [0.1, 0.15) is 12.0 Å². The van der Waals surface area contributed by atoms with Crippen molar-refractivity contribution in [1.82, 2.24) is 0 Å². The molecule has 0 unspecified atom stereocenters. The van der Waals surface area contributed by atoms with Crippen molar-refractivity contribution in [2.24, 2.45) is 0 Å². The zero-order valence-corrected chi connectivity index (χ0v) is 26.6. The summed E-state index contributed by atoms with van der Waals surface area (Å²) in [6.45, 7) is 0. The van der Waals surface area contributed by atoms with Gasteiger partial charge in [-0.1, -0.05) is 24.3 Å². The fourth-order valence-corrected chi connectivity index (χ4v) is 5.49. The van der Waals surface area contributed by atoms with Crippen LogP contribution in [0.3, 0.4) is 0 Å². The van der Waals surface area contributed by atoms with E-state index in [0.717, 1.165) is 54.6 Å². The number of aromatic hydroxyl groups is 7. The molecule has 9 N–H and O–H groups in total. The van der Waals surface area contributed by atoms with E-state index in [1.807, 2.05) is 0 Å². The number of phenols is 7. The summed E-state index contributed by atoms with van der Waals surface area (Å²) in [6.07, 6.45) is -3.85. The van der Waals surface area contributed by atoms with E-state index in [9.17, 15) is 65.1 Å². The maximum atomic E-state index is 13.9. The highest BCUT2D eigenvalue weighted by atomic mass is 16.6. The predicted molar refractivity (Wildman–Crippen MR) is 175 cm³/mol. The van der Waals surface area contributed by atoms with Crippen LogP contribution in [0.15, 0.2) is 72.8 Å². The second kappa shape index (κ2) is 14.8. The highest BCUT2D eigenvalue weighted by Gasteiger charge is 2.46. The summed E-state index contributed by atoms with van der Waals surface area (Å²) in [5.41, 5.74) is 0.445. The minimum atomic E-state index is -1.84. The second-order valence-electron chi connectivity index (χ2n) is 11.6. The lowest BCUT2D eigenvalue weighted by Crippen LogP contribution is -2.33. The van der Waals surface area contributed by atoms with E-state index in [1.54, 1.807) is 0 Å². The number of carboxylic acid groups (broad SMARTS) is 2. The molecule has 5 rings (SSSR count). The Balaban J connectivity index is 1.47. The normalized spacial score (nSPS) is 16.0. The minimum Gasteiger partial charge on any atom is -0.504 e. The molecule has 0 radical (unpaired) electrons. The Morgan fingerprint density at radius 1 is 0.635 bits per heavy atom. The maximum Gasteiger partial charge on any atom is 0.345 e. The van der Waals surface area contributed by atoms with Gasteiger partial charge in [-0.2, -0.15) is 0 Å². The van der Waals surface area contributed by atoms with E-state index in [4.69, 9.17) is 14.2 Å². The summed E-state index contributed by atoms with van der Waals surface area (Å²) >= 11 is 0. The number of esters is 2. The number of rotatable bonds is 12. The molecule has 16 nitrogen and oxygen atoms in total. The van der Waals surface area contributed by atoms with E-state index < -0.39 is 94.8 Å². The lowest BCUT2D eigenvalue weighted by atomic mass is 9.87. The van der Waals surface area contributed by atoms with Crippen LogP contribution in [0.1, 0.15) is 39.8 Å². The molecule has 0 amide bonds. The summed E-state index contributed by atoms with van der Waals surface area (Å²) in [7, 11) is 0. The highest BCUT2D eigenvalue weighted by molar-refractivity contribution is 5.92. The van der Waals surface area contributed by atoms with E-state index >= 15 is 0 Å². The Hall–Kier alpha value is -7.10. The number of hydrogen-bond acceptors (Lipinski definition) is 14. The van der Waals surface area contributed by atoms with Gasteiger partial charge in [0.25, 0.3) is 0 Å². The average molecular weight is 719 g/mol. The van der Waals surface area contributed by atoms with Crippen molar-refractivity contribution in [3.8, 4) is 46.0 Å². The molecular formula is C36H30O16. The molecule has 1 heterocycles. The molecule has 0 aromatic heterocycles. The summed E-state index contributed by atoms with van der Waals surface area (Å²) in [4.78, 5) is 50.9. The number of ether oxygens (including phenoxy) is 3. The molecule has 52 heavy (non-hydrogen) atoms. The number of hydrogen-bond donors (Lipinski definition) is 9. The quantitative estimate of drug-likeness (QED) is 0.0577. The SMILES string of the molecule is O=C(/C=C\c1ccc(O)c2c1[C@H](C(=O)O[C@H](Cc1ccc(O)c(O)c1)C(=O)O)[C@H](c1ccc(O)c(O)c1)O2)O[C@H](Cc1ccc(O)c(O)c1)C(=O)O. The largest absolute Gasteiger partial charge is 0.504 e. The molecule has 0 bridgehead atoms. The maximum absolute atomic E-state index is 13.9. The van der Waals surface area contributed by atoms with Crippen molar-refractivity contribution >= 4 is 30.0 Å². The molecule has 0 aliphatic carbocycles. The molecule has 1 aliphatic heterocycles. The zero-order chi connectivity index (χ0) is 37.9. The van der Waals surface area contributed by atoms with Crippen LogP contribution in [0.25, 0.3) is 6.08 Å². The van der Waals surface area contributed by atoms with Gasteiger partial charge in [0.2, 0.25) is 12.2 Å². The Morgan fingerprint density at radius 3 is 1.65 bits per heavy atom. The first-order valence-electron chi connectivity index (χ1n) is 15.2. The van der Waals surface area contributed by atoms with Gasteiger partial charge < -0.3 is 60.2 Å². The van der Waals surface area contributed by atoms with Gasteiger partial charge in [0.05, 0.1) is 0 Å². The Bertz CT molecular complexity index is 2090. The summed E-state index contributed by atoms with van der Waals surface area (Å²) in [5.74, 6) is -10.8. The molecule has 0 saturated carbocycles. The number of aliphatic carboxylic acids is 2. The first kappa shape index (κ1) is 36.2. The van der Waals surface area contributed by atoms with E-state index in [-0.39, 0.29) is 40.0 Å². The molecule has 0 spiro atoms. The molecule has 4 aromatic rings. The van der Waals surface area contributed by atoms with Gasteiger partial charge in [-0.25, -0.2) is 14.4 Å². The first-order chi connectivity index (χ1) is 24.6. The number of phenolic OH excluding ortho intramolecular Hbond substituents is 7. The molecule has 270 valence electrons. The van der Waals surface area contributed by atoms with Crippen LogP contribution in [0.2, 0.25) is 0 Å². The minimum absolute atomic E-state index is 0.0443. The van der Waals surface area contributed by atoms with Crippen LogP contribution in [0.4, 0.5) is 0 Å². The second-order valence-corrected chi connectivity index (χ2v) is 11.6. The standard InChI is InChI=1S/C36H30O16/c37-20-6-1-16(11-24(20)41)13-27(34(45)46)50-29(44)10-5-18-3-9-23(40)33-30(18)31(32(52-33)19-4-8-22(39)26(43)15-19)36(49)51-28(35(47)48)14-17-2-7-21(38)25(42)12-17/h1-12,15,27-28,31-32,37-43H,13-14H2,(H,45,46)(H,47,48)/b10-5-/t27-,28-,31+,32+/m1/s1. The number of benzene rings is 4. The summed E-state index contributed by atoms with van der Waals surface area (Å²) < 4.78 is 16.5. The lowest BCUT2D eigenvalue weighted by molar-refractivity contribution is -0.166. The van der Waals surface area contributed by atoms with Gasteiger partial charge in [0, 0.05) is 24.5 Å². The molecule has 4 aromatic carbocycles.